The second kappa shape index (κ2) is 11.2. The Kier molecular flexibility index (Phi) is 7.62. The molecule has 0 aromatic heterocycles. The Morgan fingerprint density at radius 3 is 2.52 bits per heavy atom. The zero-order valence-corrected chi connectivity index (χ0v) is 24.0. The van der Waals surface area contributed by atoms with Gasteiger partial charge in [-0.05, 0) is 117 Å². The molecule has 3 fully saturated rings. The molecule has 0 bridgehead atoms. The van der Waals surface area contributed by atoms with Crippen LogP contribution in [0.1, 0.15) is 72.9 Å². The van der Waals surface area contributed by atoms with Crippen LogP contribution in [-0.2, 0) is 20.7 Å². The first-order valence-electron chi connectivity index (χ1n) is 14.9. The molecule has 7 nitrogen and oxygen atoms in total. The Bertz CT molecular complexity index is 1240. The number of hydrogen-bond donors (Lipinski definition) is 1. The molecule has 40 heavy (non-hydrogen) atoms. The van der Waals surface area contributed by atoms with E-state index in [0.29, 0.717) is 29.6 Å². The van der Waals surface area contributed by atoms with Gasteiger partial charge >= 0.3 is 5.97 Å². The molecule has 2 saturated carbocycles. The van der Waals surface area contributed by atoms with Crippen LogP contribution in [0.15, 0.2) is 42.5 Å². The zero-order chi connectivity index (χ0) is 27.9. The number of aryl methyl sites for hydroxylation is 1. The highest BCUT2D eigenvalue weighted by molar-refractivity contribution is 5.94. The van der Waals surface area contributed by atoms with E-state index < -0.39 is 0 Å². The van der Waals surface area contributed by atoms with Gasteiger partial charge in [0, 0.05) is 24.1 Å². The Morgan fingerprint density at radius 2 is 1.80 bits per heavy atom. The van der Waals surface area contributed by atoms with Gasteiger partial charge in [0.05, 0.1) is 25.3 Å². The Labute approximate surface area is 237 Å². The quantitative estimate of drug-likeness (QED) is 0.467. The number of nitrogens with zero attached hydrogens (tertiary/aromatic N) is 1. The molecule has 1 N–H and O–H groups in total. The molecule has 1 heterocycles. The first kappa shape index (κ1) is 27.3. The largest absolute Gasteiger partial charge is 0.497 e. The second-order valence-corrected chi connectivity index (χ2v) is 12.5. The monoisotopic (exact) mass is 546 g/mol. The lowest BCUT2D eigenvalue weighted by molar-refractivity contribution is -0.117. The minimum Gasteiger partial charge on any atom is -0.497 e. The van der Waals surface area contributed by atoms with Crippen LogP contribution in [0, 0.1) is 17.3 Å². The Balaban J connectivity index is 1.21. The number of likely N-dealkylation sites (tertiary alicyclic amines) is 1. The van der Waals surface area contributed by atoms with Crippen LogP contribution in [0.2, 0.25) is 0 Å². The van der Waals surface area contributed by atoms with Crippen molar-refractivity contribution in [2.75, 3.05) is 39.2 Å². The smallest absolute Gasteiger partial charge is 0.338 e. The molecule has 1 amide bonds. The van der Waals surface area contributed by atoms with Gasteiger partial charge in [-0.1, -0.05) is 13.0 Å². The van der Waals surface area contributed by atoms with Gasteiger partial charge in [0.25, 0.3) is 0 Å². The van der Waals surface area contributed by atoms with E-state index in [4.69, 9.17) is 14.2 Å². The Morgan fingerprint density at radius 1 is 1.02 bits per heavy atom. The lowest BCUT2D eigenvalue weighted by Gasteiger charge is -2.53. The number of methoxy groups -OCH3 is 2. The summed E-state index contributed by atoms with van der Waals surface area (Å²) in [7, 11) is 3.52. The summed E-state index contributed by atoms with van der Waals surface area (Å²) < 4.78 is 17.9. The molecule has 214 valence electrons. The van der Waals surface area contributed by atoms with Crippen molar-refractivity contribution in [3.63, 3.8) is 0 Å². The lowest BCUT2D eigenvalue weighted by Crippen LogP contribution is -2.51. The molecule has 7 heteroatoms. The van der Waals surface area contributed by atoms with Gasteiger partial charge in [-0.2, -0.15) is 0 Å². The van der Waals surface area contributed by atoms with E-state index in [2.05, 4.69) is 29.3 Å². The van der Waals surface area contributed by atoms with Crippen LogP contribution in [-0.4, -0.2) is 62.8 Å². The summed E-state index contributed by atoms with van der Waals surface area (Å²) >= 11 is 0. The number of carbonyl (C=O) groups excluding carboxylic acids is 2. The van der Waals surface area contributed by atoms with Crippen LogP contribution in [0.3, 0.4) is 0 Å². The molecule has 4 aliphatic rings. The molecule has 3 aliphatic carbocycles. The van der Waals surface area contributed by atoms with Gasteiger partial charge in [0.2, 0.25) is 5.91 Å². The zero-order valence-electron chi connectivity index (χ0n) is 24.0. The summed E-state index contributed by atoms with van der Waals surface area (Å²) in [5.74, 6) is 1.70. The van der Waals surface area contributed by atoms with E-state index in [-0.39, 0.29) is 35.4 Å². The molecule has 6 rings (SSSR count). The SMILES string of the molecule is COc1ccc2c(c1)CC[C@@H]1[C@@H]2[C@H](OC(=O)c2ccc(NC(=O)CN3CCCC3)cc2)C[C@]2(C)[C@@H](OC)CC[C@@H]12. The molecule has 1 aliphatic heterocycles. The highest BCUT2D eigenvalue weighted by Gasteiger charge is 2.59. The number of nitrogens with one attached hydrogen (secondary N) is 1. The van der Waals surface area contributed by atoms with Gasteiger partial charge < -0.3 is 19.5 Å². The van der Waals surface area contributed by atoms with Crippen molar-refractivity contribution in [2.24, 2.45) is 17.3 Å². The molecular weight excluding hydrogens is 504 g/mol. The number of amides is 1. The first-order valence-corrected chi connectivity index (χ1v) is 14.9. The summed E-state index contributed by atoms with van der Waals surface area (Å²) in [6.45, 7) is 4.71. The van der Waals surface area contributed by atoms with Crippen molar-refractivity contribution in [2.45, 2.75) is 70.0 Å². The van der Waals surface area contributed by atoms with Crippen LogP contribution in [0.4, 0.5) is 5.69 Å². The molecule has 2 aromatic carbocycles. The molecule has 6 atom stereocenters. The highest BCUT2D eigenvalue weighted by atomic mass is 16.5. The van der Waals surface area contributed by atoms with E-state index in [0.717, 1.165) is 63.8 Å². The van der Waals surface area contributed by atoms with Crippen LogP contribution < -0.4 is 10.1 Å². The van der Waals surface area contributed by atoms with Gasteiger partial charge in [0.15, 0.2) is 0 Å². The van der Waals surface area contributed by atoms with E-state index >= 15 is 0 Å². The van der Waals surface area contributed by atoms with Crippen LogP contribution >= 0.6 is 0 Å². The maximum atomic E-state index is 13.5. The maximum Gasteiger partial charge on any atom is 0.338 e. The molecule has 1 saturated heterocycles. The van der Waals surface area contributed by atoms with Crippen molar-refractivity contribution in [3.8, 4) is 5.75 Å². The summed E-state index contributed by atoms with van der Waals surface area (Å²) in [6, 6.07) is 13.5. The van der Waals surface area contributed by atoms with E-state index in [1.54, 1.807) is 31.4 Å². The normalized spacial score (nSPS) is 31.1. The average molecular weight is 547 g/mol. The number of rotatable bonds is 7. The minimum atomic E-state index is -0.312. The summed E-state index contributed by atoms with van der Waals surface area (Å²) in [5, 5.41) is 2.96. The summed E-state index contributed by atoms with van der Waals surface area (Å²) in [4.78, 5) is 28.1. The second-order valence-electron chi connectivity index (χ2n) is 12.5. The molecule has 0 radical (unpaired) electrons. The minimum absolute atomic E-state index is 0.0195. The molecule has 2 aromatic rings. The third kappa shape index (κ3) is 5.03. The topological polar surface area (TPSA) is 77.1 Å². The van der Waals surface area contributed by atoms with E-state index in [1.807, 2.05) is 13.2 Å². The number of fused-ring (bicyclic) bond motifs is 5. The maximum absolute atomic E-state index is 13.5. The predicted molar refractivity (Wildman–Crippen MR) is 154 cm³/mol. The number of benzene rings is 2. The molecular formula is C33H42N2O5. The fraction of sp³-hybridized carbons (Fsp3) is 0.576. The van der Waals surface area contributed by atoms with Gasteiger partial charge in [-0.15, -0.1) is 0 Å². The fourth-order valence-corrected chi connectivity index (χ4v) is 8.43. The van der Waals surface area contributed by atoms with E-state index in [9.17, 15) is 9.59 Å². The van der Waals surface area contributed by atoms with Gasteiger partial charge in [-0.25, -0.2) is 4.79 Å². The predicted octanol–water partition coefficient (Wildman–Crippen LogP) is 5.44. The molecule has 0 spiro atoms. The third-order valence-corrected chi connectivity index (χ3v) is 10.3. The summed E-state index contributed by atoms with van der Waals surface area (Å²) in [6.07, 6.45) is 7.36. The average Bonchev–Trinajstić information content (AvgIpc) is 3.59. The van der Waals surface area contributed by atoms with Crippen molar-refractivity contribution in [1.29, 1.82) is 0 Å². The number of esters is 1. The van der Waals surface area contributed by atoms with Crippen LogP contribution in [0.5, 0.6) is 5.75 Å². The van der Waals surface area contributed by atoms with Crippen molar-refractivity contribution >= 4 is 17.6 Å². The molecule has 0 unspecified atom stereocenters. The standard InChI is InChI=1S/C33H42N2O5/c1-33-19-28(40-32(37)21-6-9-23(10-7-21)34-30(36)20-35-16-4-5-17-35)31-25-13-11-24(38-2)18-22(25)8-12-26(31)27(33)14-15-29(33)39-3/h6-7,9-11,13,18,26-29,31H,4-5,8,12,14-17,19-20H2,1-3H3,(H,34,36)/t26-,27-,28+,29-,31+,33-/m0/s1. The lowest BCUT2D eigenvalue weighted by atomic mass is 9.54. The number of hydrogen-bond acceptors (Lipinski definition) is 6. The van der Waals surface area contributed by atoms with Gasteiger partial charge in [0.1, 0.15) is 11.9 Å². The number of anilines is 1. The van der Waals surface area contributed by atoms with Crippen molar-refractivity contribution in [1.82, 2.24) is 4.90 Å². The first-order chi connectivity index (χ1) is 19.4. The summed E-state index contributed by atoms with van der Waals surface area (Å²) in [5.41, 5.74) is 3.78. The van der Waals surface area contributed by atoms with Crippen molar-refractivity contribution < 1.29 is 23.8 Å². The highest BCUT2D eigenvalue weighted by Crippen LogP contribution is 2.62. The number of ether oxygens (including phenoxy) is 3. The van der Waals surface area contributed by atoms with Crippen LogP contribution in [0.25, 0.3) is 0 Å². The third-order valence-electron chi connectivity index (χ3n) is 10.3. The van der Waals surface area contributed by atoms with Gasteiger partial charge in [-0.3, -0.25) is 9.69 Å². The van der Waals surface area contributed by atoms with Crippen molar-refractivity contribution in [3.05, 3.63) is 59.2 Å². The fourth-order valence-electron chi connectivity index (χ4n) is 8.43. The van der Waals surface area contributed by atoms with E-state index in [1.165, 1.54) is 11.1 Å². The number of carbonyl (C=O) groups is 2. The Hall–Kier alpha value is -2.90.